The molecule has 0 radical (unpaired) electrons. The van der Waals surface area contributed by atoms with E-state index in [0.717, 1.165) is 35.5 Å². The lowest BCUT2D eigenvalue weighted by atomic mass is 10.1. The Morgan fingerprint density at radius 1 is 1.45 bits per heavy atom. The largest absolute Gasteiger partial charge is 0.370 e. The Morgan fingerprint density at radius 2 is 2.20 bits per heavy atom. The fraction of sp³-hybridized carbons (Fsp3) is 0.625. The quantitative estimate of drug-likeness (QED) is 0.775. The van der Waals surface area contributed by atoms with E-state index in [2.05, 4.69) is 48.6 Å². The van der Waals surface area contributed by atoms with Gasteiger partial charge in [0.15, 0.2) is 0 Å². The summed E-state index contributed by atoms with van der Waals surface area (Å²) >= 11 is 8.37. The van der Waals surface area contributed by atoms with Crippen LogP contribution in [0.15, 0.2) is 18.2 Å². The van der Waals surface area contributed by atoms with E-state index in [1.165, 1.54) is 18.4 Å². The number of thioether (sulfide) groups is 1. The highest BCUT2D eigenvalue weighted by molar-refractivity contribution is 7.98. The summed E-state index contributed by atoms with van der Waals surface area (Å²) in [7, 11) is 2.15. The SMILES string of the molecule is CCC(CSC)N(C)c1ccc(CNC2CC2)cc1Cl. The van der Waals surface area contributed by atoms with Crippen LogP contribution in [-0.2, 0) is 6.54 Å². The fourth-order valence-electron chi connectivity index (χ4n) is 2.39. The van der Waals surface area contributed by atoms with Gasteiger partial charge in [-0.1, -0.05) is 24.6 Å². The molecule has 0 amide bonds. The minimum Gasteiger partial charge on any atom is -0.370 e. The van der Waals surface area contributed by atoms with Gasteiger partial charge in [0, 0.05) is 31.4 Å². The maximum atomic E-state index is 6.48. The Morgan fingerprint density at radius 3 is 2.75 bits per heavy atom. The standard InChI is InChI=1S/C16H25ClN2S/c1-4-14(11-20-3)19(2)16-8-5-12(9-15(16)17)10-18-13-6-7-13/h5,8-9,13-14,18H,4,6-7,10-11H2,1-3H3. The van der Waals surface area contributed by atoms with Crippen LogP contribution in [0.2, 0.25) is 5.02 Å². The van der Waals surface area contributed by atoms with Gasteiger partial charge in [0.25, 0.3) is 0 Å². The normalized spacial score (nSPS) is 16.2. The predicted octanol–water partition coefficient (Wildman–Crippen LogP) is 4.17. The molecule has 1 aromatic carbocycles. The van der Waals surface area contributed by atoms with Crippen LogP contribution in [-0.4, -0.2) is 31.1 Å². The second-order valence-electron chi connectivity index (χ2n) is 5.57. The van der Waals surface area contributed by atoms with Gasteiger partial charge in [0.1, 0.15) is 0 Å². The zero-order valence-corrected chi connectivity index (χ0v) is 14.2. The molecule has 1 atom stereocenters. The summed E-state index contributed by atoms with van der Waals surface area (Å²) in [4.78, 5) is 2.32. The number of hydrogen-bond donors (Lipinski definition) is 1. The summed E-state index contributed by atoms with van der Waals surface area (Å²) in [5.74, 6) is 1.13. The molecule has 0 heterocycles. The smallest absolute Gasteiger partial charge is 0.0642 e. The Labute approximate surface area is 132 Å². The Hall–Kier alpha value is -0.380. The zero-order chi connectivity index (χ0) is 14.5. The molecule has 1 fully saturated rings. The van der Waals surface area contributed by atoms with Gasteiger partial charge in [-0.2, -0.15) is 11.8 Å². The topological polar surface area (TPSA) is 15.3 Å². The molecule has 0 spiro atoms. The molecule has 20 heavy (non-hydrogen) atoms. The van der Waals surface area contributed by atoms with Crippen molar-refractivity contribution < 1.29 is 0 Å². The molecule has 0 saturated heterocycles. The molecule has 1 aliphatic rings. The highest BCUT2D eigenvalue weighted by Crippen LogP contribution is 2.29. The van der Waals surface area contributed by atoms with E-state index in [9.17, 15) is 0 Å². The molecule has 2 nitrogen and oxygen atoms in total. The maximum absolute atomic E-state index is 6.48. The second kappa shape index (κ2) is 7.58. The van der Waals surface area contributed by atoms with Crippen molar-refractivity contribution in [3.63, 3.8) is 0 Å². The molecular formula is C16H25ClN2S. The lowest BCUT2D eigenvalue weighted by Crippen LogP contribution is -2.33. The van der Waals surface area contributed by atoms with Crippen molar-refractivity contribution in [2.75, 3.05) is 24.0 Å². The minimum absolute atomic E-state index is 0.540. The number of halogens is 1. The average Bonchev–Trinajstić information content (AvgIpc) is 3.26. The molecule has 2 rings (SSSR count). The number of hydrogen-bond acceptors (Lipinski definition) is 3. The number of anilines is 1. The molecule has 1 unspecified atom stereocenters. The van der Waals surface area contributed by atoms with Crippen molar-refractivity contribution in [3.05, 3.63) is 28.8 Å². The van der Waals surface area contributed by atoms with Gasteiger partial charge in [0.05, 0.1) is 10.7 Å². The van der Waals surface area contributed by atoms with Crippen molar-refractivity contribution in [1.82, 2.24) is 5.32 Å². The van der Waals surface area contributed by atoms with Gasteiger partial charge in [-0.3, -0.25) is 0 Å². The van der Waals surface area contributed by atoms with Crippen LogP contribution >= 0.6 is 23.4 Å². The second-order valence-corrected chi connectivity index (χ2v) is 6.89. The highest BCUT2D eigenvalue weighted by Gasteiger charge is 2.20. The number of benzene rings is 1. The summed E-state index contributed by atoms with van der Waals surface area (Å²) in [5, 5.41) is 4.39. The van der Waals surface area contributed by atoms with Crippen LogP contribution in [0.1, 0.15) is 31.7 Å². The molecule has 0 aliphatic heterocycles. The van der Waals surface area contributed by atoms with Crippen LogP contribution < -0.4 is 10.2 Å². The first-order valence-electron chi connectivity index (χ1n) is 7.39. The molecule has 0 aromatic heterocycles. The van der Waals surface area contributed by atoms with Crippen LogP contribution in [0.3, 0.4) is 0 Å². The summed E-state index contributed by atoms with van der Waals surface area (Å²) < 4.78 is 0. The Balaban J connectivity index is 2.02. The predicted molar refractivity (Wildman–Crippen MR) is 92.2 cm³/mol. The first kappa shape index (κ1) is 16.0. The third kappa shape index (κ3) is 4.31. The van der Waals surface area contributed by atoms with E-state index in [1.807, 2.05) is 11.8 Å². The van der Waals surface area contributed by atoms with E-state index in [4.69, 9.17) is 11.6 Å². The van der Waals surface area contributed by atoms with Gasteiger partial charge in [0.2, 0.25) is 0 Å². The minimum atomic E-state index is 0.540. The molecular weight excluding hydrogens is 288 g/mol. The number of nitrogens with one attached hydrogen (secondary N) is 1. The van der Waals surface area contributed by atoms with Gasteiger partial charge < -0.3 is 10.2 Å². The molecule has 0 bridgehead atoms. The van der Waals surface area contributed by atoms with Gasteiger partial charge >= 0.3 is 0 Å². The lowest BCUT2D eigenvalue weighted by Gasteiger charge is -2.29. The van der Waals surface area contributed by atoms with Crippen molar-refractivity contribution in [3.8, 4) is 0 Å². The van der Waals surface area contributed by atoms with Gasteiger partial charge in [-0.05, 0) is 43.2 Å². The summed E-state index contributed by atoms with van der Waals surface area (Å²) in [6.07, 6.45) is 5.94. The molecule has 1 aliphatic carbocycles. The third-order valence-corrected chi connectivity index (χ3v) is 4.96. The van der Waals surface area contributed by atoms with Gasteiger partial charge in [-0.25, -0.2) is 0 Å². The van der Waals surface area contributed by atoms with Crippen molar-refractivity contribution in [1.29, 1.82) is 0 Å². The molecule has 112 valence electrons. The Bertz CT molecular complexity index is 434. The average molecular weight is 313 g/mol. The number of nitrogens with zero attached hydrogens (tertiary/aromatic N) is 1. The van der Waals surface area contributed by atoms with E-state index < -0.39 is 0 Å². The zero-order valence-electron chi connectivity index (χ0n) is 12.7. The van der Waals surface area contributed by atoms with E-state index >= 15 is 0 Å². The molecule has 4 heteroatoms. The molecule has 1 saturated carbocycles. The fourth-order valence-corrected chi connectivity index (χ4v) is 3.57. The van der Waals surface area contributed by atoms with Crippen LogP contribution in [0.5, 0.6) is 0 Å². The lowest BCUT2D eigenvalue weighted by molar-refractivity contribution is 0.671. The monoisotopic (exact) mass is 312 g/mol. The van der Waals surface area contributed by atoms with E-state index in [1.54, 1.807) is 0 Å². The van der Waals surface area contributed by atoms with Crippen molar-refractivity contribution in [2.24, 2.45) is 0 Å². The van der Waals surface area contributed by atoms with Crippen molar-refractivity contribution >= 4 is 29.1 Å². The van der Waals surface area contributed by atoms with E-state index in [0.29, 0.717) is 6.04 Å². The third-order valence-electron chi connectivity index (χ3n) is 3.94. The van der Waals surface area contributed by atoms with Crippen LogP contribution in [0.25, 0.3) is 0 Å². The first-order chi connectivity index (χ1) is 9.65. The maximum Gasteiger partial charge on any atom is 0.0642 e. The van der Waals surface area contributed by atoms with Crippen LogP contribution in [0, 0.1) is 0 Å². The summed E-state index contributed by atoms with van der Waals surface area (Å²) in [6, 6.07) is 7.74. The molecule has 1 N–H and O–H groups in total. The highest BCUT2D eigenvalue weighted by atomic mass is 35.5. The van der Waals surface area contributed by atoms with E-state index in [-0.39, 0.29) is 0 Å². The first-order valence-corrected chi connectivity index (χ1v) is 9.16. The van der Waals surface area contributed by atoms with Crippen LogP contribution in [0.4, 0.5) is 5.69 Å². The van der Waals surface area contributed by atoms with Crippen molar-refractivity contribution in [2.45, 2.75) is 44.8 Å². The summed E-state index contributed by atoms with van der Waals surface area (Å²) in [6.45, 7) is 3.16. The van der Waals surface area contributed by atoms with Gasteiger partial charge in [-0.15, -0.1) is 0 Å². The summed E-state index contributed by atoms with van der Waals surface area (Å²) in [5.41, 5.74) is 2.42. The number of rotatable bonds is 8. The Kier molecular flexibility index (Phi) is 6.06. The molecule has 1 aromatic rings.